The van der Waals surface area contributed by atoms with Gasteiger partial charge in [-0.05, 0) is 11.4 Å². The number of carbonyl (C=O) groups excluding carboxylic acids is 1. The maximum atomic E-state index is 13.5. The molecule has 0 aliphatic rings. The number of halogens is 2. The summed E-state index contributed by atoms with van der Waals surface area (Å²) < 4.78 is 31.7. The number of fused-ring (bicyclic) bond motifs is 1. The molecule has 0 saturated carbocycles. The van der Waals surface area contributed by atoms with Crippen molar-refractivity contribution in [3.05, 3.63) is 34.7 Å². The van der Waals surface area contributed by atoms with Crippen molar-refractivity contribution in [1.82, 2.24) is 0 Å². The molecule has 1 heterocycles. The van der Waals surface area contributed by atoms with Crippen molar-refractivity contribution in [2.75, 3.05) is 0 Å². The average molecular weight is 242 g/mol. The van der Waals surface area contributed by atoms with Gasteiger partial charge in [-0.3, -0.25) is 4.79 Å². The Hall–Kier alpha value is -1.49. The topological polar surface area (TPSA) is 26.3 Å². The largest absolute Gasteiger partial charge is 0.461 e. The Bertz CT molecular complexity index is 548. The van der Waals surface area contributed by atoms with Crippen LogP contribution in [0.1, 0.15) is 12.5 Å². The Morgan fingerprint density at radius 1 is 1.44 bits per heavy atom. The number of hydrogen-bond donors (Lipinski definition) is 0. The van der Waals surface area contributed by atoms with Crippen LogP contribution in [0.5, 0.6) is 0 Å². The lowest BCUT2D eigenvalue weighted by Crippen LogP contribution is -1.98. The SMILES string of the molecule is CC(=O)OCc1csc2cc(F)cc(F)c12. The summed E-state index contributed by atoms with van der Waals surface area (Å²) in [4.78, 5) is 10.6. The predicted molar refractivity (Wildman–Crippen MR) is 57.2 cm³/mol. The van der Waals surface area contributed by atoms with Gasteiger partial charge in [0.15, 0.2) is 0 Å². The van der Waals surface area contributed by atoms with Gasteiger partial charge in [0.2, 0.25) is 0 Å². The van der Waals surface area contributed by atoms with Crippen LogP contribution in [0.15, 0.2) is 17.5 Å². The highest BCUT2D eigenvalue weighted by Gasteiger charge is 2.11. The van der Waals surface area contributed by atoms with Crippen molar-refractivity contribution in [2.45, 2.75) is 13.5 Å². The second kappa shape index (κ2) is 4.17. The van der Waals surface area contributed by atoms with Crippen LogP contribution in [-0.2, 0) is 16.1 Å². The van der Waals surface area contributed by atoms with Crippen LogP contribution in [0, 0.1) is 11.6 Å². The monoisotopic (exact) mass is 242 g/mol. The first-order chi connectivity index (χ1) is 7.58. The first-order valence-electron chi connectivity index (χ1n) is 4.56. The summed E-state index contributed by atoms with van der Waals surface area (Å²) in [6, 6.07) is 2.09. The molecule has 16 heavy (non-hydrogen) atoms. The minimum atomic E-state index is -0.626. The molecule has 0 amide bonds. The smallest absolute Gasteiger partial charge is 0.302 e. The van der Waals surface area contributed by atoms with E-state index in [0.29, 0.717) is 15.6 Å². The summed E-state index contributed by atoms with van der Waals surface area (Å²) in [5.74, 6) is -1.66. The molecule has 0 aliphatic heterocycles. The Kier molecular flexibility index (Phi) is 2.87. The van der Waals surface area contributed by atoms with Crippen LogP contribution in [0.3, 0.4) is 0 Å². The number of benzene rings is 1. The molecule has 0 saturated heterocycles. The van der Waals surface area contributed by atoms with Gasteiger partial charge in [0.1, 0.15) is 18.2 Å². The summed E-state index contributed by atoms with van der Waals surface area (Å²) in [6.07, 6.45) is 0. The maximum Gasteiger partial charge on any atom is 0.302 e. The molecule has 0 fully saturated rings. The van der Waals surface area contributed by atoms with E-state index in [2.05, 4.69) is 0 Å². The molecule has 2 nitrogen and oxygen atoms in total. The molecular weight excluding hydrogens is 234 g/mol. The Morgan fingerprint density at radius 2 is 2.19 bits per heavy atom. The van der Waals surface area contributed by atoms with Crippen LogP contribution in [-0.4, -0.2) is 5.97 Å². The van der Waals surface area contributed by atoms with Gasteiger partial charge in [0.25, 0.3) is 0 Å². The summed E-state index contributed by atoms with van der Waals surface area (Å²) in [5.41, 5.74) is 0.563. The molecule has 0 N–H and O–H groups in total. The minimum absolute atomic E-state index is 0.0118. The highest BCUT2D eigenvalue weighted by Crippen LogP contribution is 2.29. The Balaban J connectivity index is 2.43. The summed E-state index contributed by atoms with van der Waals surface area (Å²) in [7, 11) is 0. The van der Waals surface area contributed by atoms with E-state index < -0.39 is 17.6 Å². The first kappa shape index (κ1) is 11.0. The van der Waals surface area contributed by atoms with Gasteiger partial charge in [-0.2, -0.15) is 0 Å². The van der Waals surface area contributed by atoms with Crippen molar-refractivity contribution in [3.8, 4) is 0 Å². The molecule has 1 aromatic carbocycles. The van der Waals surface area contributed by atoms with E-state index >= 15 is 0 Å². The zero-order valence-corrected chi connectivity index (χ0v) is 9.24. The maximum absolute atomic E-state index is 13.5. The number of carbonyl (C=O) groups is 1. The second-order valence-electron chi connectivity index (χ2n) is 3.30. The Morgan fingerprint density at radius 3 is 2.88 bits per heavy atom. The van der Waals surface area contributed by atoms with E-state index in [1.807, 2.05) is 0 Å². The predicted octanol–water partition coefficient (Wildman–Crippen LogP) is 3.24. The van der Waals surface area contributed by atoms with Crippen molar-refractivity contribution >= 4 is 27.4 Å². The lowest BCUT2D eigenvalue weighted by molar-refractivity contribution is -0.142. The van der Waals surface area contributed by atoms with E-state index in [0.717, 1.165) is 6.07 Å². The standard InChI is InChI=1S/C11H8F2O2S/c1-6(14)15-4-7-5-16-10-3-8(12)2-9(13)11(7)10/h2-3,5H,4H2,1H3. The van der Waals surface area contributed by atoms with E-state index in [-0.39, 0.29) is 6.61 Å². The summed E-state index contributed by atoms with van der Waals surface area (Å²) in [5, 5.41) is 1.99. The van der Waals surface area contributed by atoms with E-state index in [1.54, 1.807) is 5.38 Å². The zero-order valence-electron chi connectivity index (χ0n) is 8.42. The number of rotatable bonds is 2. The lowest BCUT2D eigenvalue weighted by Gasteiger charge is -2.01. The van der Waals surface area contributed by atoms with Crippen LogP contribution in [0.25, 0.3) is 10.1 Å². The van der Waals surface area contributed by atoms with Gasteiger partial charge in [-0.1, -0.05) is 0 Å². The lowest BCUT2D eigenvalue weighted by atomic mass is 10.2. The molecule has 5 heteroatoms. The molecule has 84 valence electrons. The number of hydrogen-bond acceptors (Lipinski definition) is 3. The van der Waals surface area contributed by atoms with Crippen LogP contribution < -0.4 is 0 Å². The molecule has 0 aliphatic carbocycles. The molecule has 2 rings (SSSR count). The summed E-state index contributed by atoms with van der Waals surface area (Å²) in [6.45, 7) is 1.29. The molecule has 0 spiro atoms. The quantitative estimate of drug-likeness (QED) is 0.756. The fourth-order valence-corrected chi connectivity index (χ4v) is 2.42. The minimum Gasteiger partial charge on any atom is -0.461 e. The molecule has 0 atom stereocenters. The molecule has 2 aromatic rings. The second-order valence-corrected chi connectivity index (χ2v) is 4.21. The van der Waals surface area contributed by atoms with Gasteiger partial charge in [0.05, 0.1) is 0 Å². The molecule has 0 unspecified atom stereocenters. The van der Waals surface area contributed by atoms with Crippen molar-refractivity contribution in [2.24, 2.45) is 0 Å². The molecule has 1 aromatic heterocycles. The number of ether oxygens (including phenoxy) is 1. The van der Waals surface area contributed by atoms with Gasteiger partial charge in [-0.15, -0.1) is 11.3 Å². The third kappa shape index (κ3) is 2.04. The molecule has 0 bridgehead atoms. The highest BCUT2D eigenvalue weighted by atomic mass is 32.1. The van der Waals surface area contributed by atoms with Crippen LogP contribution in [0.4, 0.5) is 8.78 Å². The van der Waals surface area contributed by atoms with Crippen molar-refractivity contribution in [1.29, 1.82) is 0 Å². The molecule has 0 radical (unpaired) electrons. The van der Waals surface area contributed by atoms with Gasteiger partial charge < -0.3 is 4.74 Å². The fraction of sp³-hybridized carbons (Fsp3) is 0.182. The third-order valence-electron chi connectivity index (χ3n) is 2.10. The highest BCUT2D eigenvalue weighted by molar-refractivity contribution is 7.17. The zero-order chi connectivity index (χ0) is 11.7. The van der Waals surface area contributed by atoms with Crippen molar-refractivity contribution < 1.29 is 18.3 Å². The van der Waals surface area contributed by atoms with Crippen LogP contribution in [0.2, 0.25) is 0 Å². The van der Waals surface area contributed by atoms with Crippen molar-refractivity contribution in [3.63, 3.8) is 0 Å². The fourth-order valence-electron chi connectivity index (χ4n) is 1.43. The number of thiophene rings is 1. The van der Waals surface area contributed by atoms with E-state index in [9.17, 15) is 13.6 Å². The van der Waals surface area contributed by atoms with Gasteiger partial charge >= 0.3 is 5.97 Å². The van der Waals surface area contributed by atoms with E-state index in [4.69, 9.17) is 4.74 Å². The normalized spacial score (nSPS) is 10.7. The summed E-state index contributed by atoms with van der Waals surface area (Å²) >= 11 is 1.22. The van der Waals surface area contributed by atoms with E-state index in [1.165, 1.54) is 24.3 Å². The van der Waals surface area contributed by atoms with Gasteiger partial charge in [-0.25, -0.2) is 8.78 Å². The van der Waals surface area contributed by atoms with Gasteiger partial charge in [0, 0.05) is 28.6 Å². The first-order valence-corrected chi connectivity index (χ1v) is 5.44. The van der Waals surface area contributed by atoms with Crippen LogP contribution >= 0.6 is 11.3 Å². The third-order valence-corrected chi connectivity index (χ3v) is 3.08. The molecular formula is C11H8F2O2S. The number of esters is 1. The average Bonchev–Trinajstić information content (AvgIpc) is 2.57. The Labute approximate surface area is 94.5 Å².